The SMILES string of the molecule is CCCCCCCCCCCCCCCC[N+](C)(C)CC(=O)Nn1c(C)nc2ccccc2c1=O. The Bertz CT molecular complexity index is 951. The van der Waals surface area contributed by atoms with E-state index in [0.29, 0.717) is 27.8 Å². The van der Waals surface area contributed by atoms with E-state index in [4.69, 9.17) is 0 Å². The summed E-state index contributed by atoms with van der Waals surface area (Å²) >= 11 is 0. The summed E-state index contributed by atoms with van der Waals surface area (Å²) in [6.07, 6.45) is 18.8. The maximum Gasteiger partial charge on any atom is 0.294 e. The van der Waals surface area contributed by atoms with Crippen LogP contribution in [0.25, 0.3) is 10.9 Å². The number of rotatable bonds is 18. The first-order chi connectivity index (χ1) is 16.8. The molecular weight excluding hydrogens is 436 g/mol. The number of likely N-dealkylation sites (N-methyl/N-ethyl adjacent to an activating group) is 1. The molecule has 0 fully saturated rings. The monoisotopic (exact) mass is 485 g/mol. The van der Waals surface area contributed by atoms with Crippen LogP contribution in [0.1, 0.15) is 103 Å². The molecule has 0 aliphatic rings. The van der Waals surface area contributed by atoms with Crippen molar-refractivity contribution >= 4 is 16.8 Å². The number of quaternary nitrogens is 1. The van der Waals surface area contributed by atoms with E-state index in [0.717, 1.165) is 13.0 Å². The van der Waals surface area contributed by atoms with Crippen LogP contribution in [0.5, 0.6) is 0 Å². The van der Waals surface area contributed by atoms with Gasteiger partial charge >= 0.3 is 0 Å². The molecule has 0 bridgehead atoms. The Morgan fingerprint density at radius 1 is 0.857 bits per heavy atom. The summed E-state index contributed by atoms with van der Waals surface area (Å²) in [5.74, 6) is 0.321. The number of carbonyl (C=O) groups is 1. The second-order valence-electron chi connectivity index (χ2n) is 10.8. The lowest BCUT2D eigenvalue weighted by molar-refractivity contribution is -0.882. The number of aryl methyl sites for hydroxylation is 1. The summed E-state index contributed by atoms with van der Waals surface area (Å²) in [5.41, 5.74) is 3.18. The molecule has 6 nitrogen and oxygen atoms in total. The minimum atomic E-state index is -0.237. The standard InChI is InChI=1S/C29H48N4O2/c1-5-6-7-8-9-10-11-12-13-14-15-16-17-20-23-33(3,4)24-28(34)31-32-25(2)30-27-22-19-18-21-26(27)29(32)35/h18-19,21-22H,5-17,20,23-24H2,1-4H3/p+1. The van der Waals surface area contributed by atoms with Crippen molar-refractivity contribution < 1.29 is 9.28 Å². The van der Waals surface area contributed by atoms with Crippen molar-refractivity contribution in [2.24, 2.45) is 0 Å². The molecule has 1 aromatic carbocycles. The maximum absolute atomic E-state index is 12.8. The maximum atomic E-state index is 12.8. The second kappa shape index (κ2) is 15.7. The van der Waals surface area contributed by atoms with Crippen LogP contribution >= 0.6 is 0 Å². The van der Waals surface area contributed by atoms with Crippen molar-refractivity contribution in [3.8, 4) is 0 Å². The van der Waals surface area contributed by atoms with Gasteiger partial charge in [-0.1, -0.05) is 96.1 Å². The Balaban J connectivity index is 1.59. The Labute approximate surface area is 212 Å². The highest BCUT2D eigenvalue weighted by atomic mass is 16.2. The first kappa shape index (κ1) is 29.0. The Morgan fingerprint density at radius 2 is 1.37 bits per heavy atom. The summed E-state index contributed by atoms with van der Waals surface area (Å²) in [6.45, 7) is 5.30. The van der Waals surface area contributed by atoms with E-state index in [-0.39, 0.29) is 11.5 Å². The third kappa shape index (κ3) is 10.9. The van der Waals surface area contributed by atoms with Crippen molar-refractivity contribution in [3.63, 3.8) is 0 Å². The summed E-state index contributed by atoms with van der Waals surface area (Å²) in [7, 11) is 4.16. The molecule has 0 unspecified atom stereocenters. The molecule has 0 aliphatic carbocycles. The van der Waals surface area contributed by atoms with Crippen LogP contribution < -0.4 is 11.0 Å². The molecule has 1 heterocycles. The van der Waals surface area contributed by atoms with Crippen LogP contribution in [-0.2, 0) is 4.79 Å². The van der Waals surface area contributed by atoms with E-state index in [9.17, 15) is 9.59 Å². The van der Waals surface area contributed by atoms with Gasteiger partial charge in [-0.2, -0.15) is 0 Å². The van der Waals surface area contributed by atoms with Gasteiger partial charge in [0.1, 0.15) is 5.82 Å². The van der Waals surface area contributed by atoms with Crippen molar-refractivity contribution in [2.45, 2.75) is 104 Å². The molecule has 0 saturated carbocycles. The average molecular weight is 486 g/mol. The van der Waals surface area contributed by atoms with E-state index >= 15 is 0 Å². The first-order valence-corrected chi connectivity index (χ1v) is 13.9. The van der Waals surface area contributed by atoms with Gasteiger partial charge in [-0.15, -0.1) is 0 Å². The first-order valence-electron chi connectivity index (χ1n) is 13.9. The molecule has 0 atom stereocenters. The number of unbranched alkanes of at least 4 members (excludes halogenated alkanes) is 13. The smallest absolute Gasteiger partial charge is 0.294 e. The third-order valence-corrected chi connectivity index (χ3v) is 6.87. The molecule has 1 aromatic heterocycles. The number of nitrogens with zero attached hydrogens (tertiary/aromatic N) is 3. The zero-order chi connectivity index (χ0) is 25.5. The molecule has 1 amide bonds. The fourth-order valence-corrected chi connectivity index (χ4v) is 4.74. The third-order valence-electron chi connectivity index (χ3n) is 6.87. The number of nitrogens with one attached hydrogen (secondary N) is 1. The van der Waals surface area contributed by atoms with E-state index < -0.39 is 0 Å². The number of para-hydroxylation sites is 1. The highest BCUT2D eigenvalue weighted by molar-refractivity contribution is 5.85. The summed E-state index contributed by atoms with van der Waals surface area (Å²) < 4.78 is 1.88. The molecular formula is C29H49N4O2+. The van der Waals surface area contributed by atoms with Crippen molar-refractivity contribution in [2.75, 3.05) is 32.6 Å². The highest BCUT2D eigenvalue weighted by Gasteiger charge is 2.21. The van der Waals surface area contributed by atoms with Gasteiger partial charge in [-0.05, 0) is 31.9 Å². The van der Waals surface area contributed by atoms with Crippen molar-refractivity contribution in [1.29, 1.82) is 0 Å². The fraction of sp³-hybridized carbons (Fsp3) is 0.690. The van der Waals surface area contributed by atoms with Crippen LogP contribution in [0.2, 0.25) is 0 Å². The van der Waals surface area contributed by atoms with Crippen LogP contribution in [0.3, 0.4) is 0 Å². The zero-order valence-corrected chi connectivity index (χ0v) is 22.8. The molecule has 0 radical (unpaired) electrons. The highest BCUT2D eigenvalue weighted by Crippen LogP contribution is 2.13. The lowest BCUT2D eigenvalue weighted by Crippen LogP contribution is -2.48. The van der Waals surface area contributed by atoms with Crippen LogP contribution in [0.15, 0.2) is 29.1 Å². The fourth-order valence-electron chi connectivity index (χ4n) is 4.74. The molecule has 1 N–H and O–H groups in total. The van der Waals surface area contributed by atoms with E-state index in [1.54, 1.807) is 13.0 Å². The summed E-state index contributed by atoms with van der Waals surface area (Å²) in [4.78, 5) is 29.9. The van der Waals surface area contributed by atoms with Gasteiger partial charge in [0.15, 0.2) is 6.54 Å². The molecule has 0 spiro atoms. The van der Waals surface area contributed by atoms with Crippen LogP contribution in [0, 0.1) is 6.92 Å². The van der Waals surface area contributed by atoms with Gasteiger partial charge < -0.3 is 4.48 Å². The Morgan fingerprint density at radius 3 is 1.94 bits per heavy atom. The molecule has 196 valence electrons. The Kier molecular flexibility index (Phi) is 13.0. The topological polar surface area (TPSA) is 64.0 Å². The minimum absolute atomic E-state index is 0.164. The van der Waals surface area contributed by atoms with Gasteiger partial charge in [-0.3, -0.25) is 15.0 Å². The number of hydrogen-bond acceptors (Lipinski definition) is 3. The molecule has 0 saturated heterocycles. The quantitative estimate of drug-likeness (QED) is 0.198. The van der Waals surface area contributed by atoms with Gasteiger partial charge in [0.05, 0.1) is 31.5 Å². The number of carbonyl (C=O) groups excluding carboxylic acids is 1. The molecule has 2 aromatic rings. The summed E-state index contributed by atoms with van der Waals surface area (Å²) in [6, 6.07) is 7.21. The lowest BCUT2D eigenvalue weighted by atomic mass is 10.0. The van der Waals surface area contributed by atoms with Gasteiger partial charge in [0.25, 0.3) is 11.5 Å². The average Bonchev–Trinajstić information content (AvgIpc) is 2.81. The molecule has 2 rings (SSSR count). The van der Waals surface area contributed by atoms with E-state index in [2.05, 4.69) is 31.4 Å². The normalized spacial score (nSPS) is 11.8. The van der Waals surface area contributed by atoms with E-state index in [1.165, 1.54) is 88.1 Å². The predicted molar refractivity (Wildman–Crippen MR) is 147 cm³/mol. The number of amides is 1. The zero-order valence-electron chi connectivity index (χ0n) is 22.8. The van der Waals surface area contributed by atoms with Gasteiger partial charge in [-0.25, -0.2) is 9.66 Å². The largest absolute Gasteiger partial charge is 0.321 e. The molecule has 35 heavy (non-hydrogen) atoms. The van der Waals surface area contributed by atoms with Crippen molar-refractivity contribution in [3.05, 3.63) is 40.4 Å². The van der Waals surface area contributed by atoms with E-state index in [1.807, 2.05) is 18.2 Å². The van der Waals surface area contributed by atoms with Crippen molar-refractivity contribution in [1.82, 2.24) is 9.66 Å². The molecule has 6 heteroatoms. The lowest BCUT2D eigenvalue weighted by Gasteiger charge is -2.29. The predicted octanol–water partition coefficient (Wildman–Crippen LogP) is 6.33. The molecule has 0 aliphatic heterocycles. The van der Waals surface area contributed by atoms with Gasteiger partial charge in [0.2, 0.25) is 0 Å². The van der Waals surface area contributed by atoms with Gasteiger partial charge in [0, 0.05) is 0 Å². The number of benzene rings is 1. The summed E-state index contributed by atoms with van der Waals surface area (Å²) in [5, 5.41) is 0.509. The minimum Gasteiger partial charge on any atom is -0.321 e. The number of fused-ring (bicyclic) bond motifs is 1. The van der Waals surface area contributed by atoms with Crippen LogP contribution in [0.4, 0.5) is 0 Å². The van der Waals surface area contributed by atoms with Crippen LogP contribution in [-0.4, -0.2) is 47.2 Å². The number of hydrogen-bond donors (Lipinski definition) is 1. The Hall–Kier alpha value is -2.21. The number of aromatic nitrogens is 2. The second-order valence-corrected chi connectivity index (χ2v) is 10.8.